The van der Waals surface area contributed by atoms with E-state index < -0.39 is 35.1 Å². The van der Waals surface area contributed by atoms with Gasteiger partial charge in [-0.1, -0.05) is 24.3 Å². The largest absolute Gasteiger partial charge is 0.381 e. The number of aromatic nitrogens is 1. The molecule has 1 saturated heterocycles. The van der Waals surface area contributed by atoms with Gasteiger partial charge in [0.15, 0.2) is 5.78 Å². The molecule has 284 valence electrons. The molecular weight excluding hydrogens is 731 g/mol. The Bertz CT molecular complexity index is 2370. The van der Waals surface area contributed by atoms with Crippen LogP contribution < -0.4 is 10.2 Å². The van der Waals surface area contributed by atoms with Gasteiger partial charge in [-0.3, -0.25) is 19.4 Å². The summed E-state index contributed by atoms with van der Waals surface area (Å²) in [5, 5.41) is 11.2. The van der Waals surface area contributed by atoms with Gasteiger partial charge in [0.25, 0.3) is 11.8 Å². The Balaban J connectivity index is 0.938. The molecule has 1 spiro atoms. The summed E-state index contributed by atoms with van der Waals surface area (Å²) in [5.74, 6) is -2.34. The second-order valence-electron chi connectivity index (χ2n) is 14.9. The molecule has 3 aliphatic rings. The number of fused-ring (bicyclic) bond motifs is 1. The summed E-state index contributed by atoms with van der Waals surface area (Å²) in [7, 11) is 0. The van der Waals surface area contributed by atoms with E-state index in [-0.39, 0.29) is 17.7 Å². The number of para-hydroxylation sites is 1. The third-order valence-corrected chi connectivity index (χ3v) is 12.4. The first-order valence-electron chi connectivity index (χ1n) is 18.8. The number of thiophene rings is 1. The highest BCUT2D eigenvalue weighted by Crippen LogP contribution is 2.56. The summed E-state index contributed by atoms with van der Waals surface area (Å²) >= 11 is 1.25. The summed E-state index contributed by atoms with van der Waals surface area (Å²) in [4.78, 5) is 48.6. The topological polar surface area (TPSA) is 112 Å². The molecule has 56 heavy (non-hydrogen) atoms. The van der Waals surface area contributed by atoms with Gasteiger partial charge in [-0.15, -0.1) is 11.3 Å². The molecule has 1 saturated carbocycles. The minimum Gasteiger partial charge on any atom is -0.381 e. The first-order chi connectivity index (χ1) is 27.1. The van der Waals surface area contributed by atoms with Crippen molar-refractivity contribution in [1.29, 1.82) is 5.41 Å². The van der Waals surface area contributed by atoms with Crippen molar-refractivity contribution in [2.45, 2.75) is 51.4 Å². The maximum absolute atomic E-state index is 14.2. The molecule has 0 unspecified atom stereocenters. The van der Waals surface area contributed by atoms with E-state index in [4.69, 9.17) is 15.1 Å². The molecule has 2 N–H and O–H groups in total. The Hall–Kier alpha value is -5.65. The normalized spacial score (nSPS) is 16.3. The fourth-order valence-corrected chi connectivity index (χ4v) is 9.16. The van der Waals surface area contributed by atoms with Crippen LogP contribution in [-0.2, 0) is 4.74 Å². The second-order valence-corrected chi connectivity index (χ2v) is 16.0. The molecule has 4 heterocycles. The monoisotopic (exact) mass is 770 g/mol. The number of hydrogen-bond acceptors (Lipinski definition) is 7. The quantitative estimate of drug-likeness (QED) is 0.115. The molecule has 2 amide bonds. The van der Waals surface area contributed by atoms with E-state index in [0.717, 1.165) is 84.1 Å². The van der Waals surface area contributed by atoms with Crippen LogP contribution in [0.5, 0.6) is 0 Å². The lowest BCUT2D eigenvalue weighted by molar-refractivity contribution is -0.0405. The van der Waals surface area contributed by atoms with Crippen molar-refractivity contribution in [3.8, 4) is 0 Å². The number of rotatable bonds is 9. The predicted molar refractivity (Wildman–Crippen MR) is 215 cm³/mol. The third kappa shape index (κ3) is 7.48. The van der Waals surface area contributed by atoms with Gasteiger partial charge >= 0.3 is 0 Å². The van der Waals surface area contributed by atoms with Crippen LogP contribution in [-0.4, -0.2) is 48.1 Å². The number of ether oxygens (including phenoxy) is 1. The molecule has 2 fully saturated rings. The molecule has 2 aromatic heterocycles. The molecule has 8 nitrogen and oxygen atoms in total. The number of carbonyl (C=O) groups is 3. The molecular formula is C45H40F2N4O4S. The molecule has 0 atom stereocenters. The first kappa shape index (κ1) is 37.3. The zero-order valence-electron chi connectivity index (χ0n) is 30.9. The summed E-state index contributed by atoms with van der Waals surface area (Å²) in [6, 6.07) is 25.1. The van der Waals surface area contributed by atoms with Crippen LogP contribution in [0.1, 0.15) is 102 Å². The predicted octanol–water partition coefficient (Wildman–Crippen LogP) is 9.89. The van der Waals surface area contributed by atoms with Gasteiger partial charge in [-0.25, -0.2) is 8.78 Å². The van der Waals surface area contributed by atoms with Crippen LogP contribution in [0.15, 0.2) is 91.0 Å². The van der Waals surface area contributed by atoms with Gasteiger partial charge in [0.2, 0.25) is 0 Å². The Morgan fingerprint density at radius 1 is 0.929 bits per heavy atom. The van der Waals surface area contributed by atoms with Gasteiger partial charge in [0.1, 0.15) is 11.6 Å². The SMILES string of the molecule is Cc1ccc(C(=O)Nc2ccc(C(=O)N3CCC(c4ccc(C(=O)CC(=N)c5c(F)cccc5F)s4)=Cc4ccccc43)cc2)c(C2CC3(CCOCC3)C2)n1. The van der Waals surface area contributed by atoms with E-state index in [1.807, 2.05) is 55.5 Å². The number of amides is 2. The number of carbonyl (C=O) groups excluding carboxylic acids is 3. The number of benzene rings is 3. The average Bonchev–Trinajstić information content (AvgIpc) is 3.60. The van der Waals surface area contributed by atoms with Crippen LogP contribution in [0.4, 0.5) is 20.2 Å². The fraction of sp³-hybridized carbons (Fsp3) is 0.267. The molecule has 0 radical (unpaired) electrons. The Kier molecular flexibility index (Phi) is 10.3. The fourth-order valence-electron chi connectivity index (χ4n) is 8.18. The maximum atomic E-state index is 14.2. The zero-order valence-corrected chi connectivity index (χ0v) is 31.7. The van der Waals surface area contributed by atoms with E-state index in [0.29, 0.717) is 40.1 Å². The Morgan fingerprint density at radius 2 is 1.66 bits per heavy atom. The lowest BCUT2D eigenvalue weighted by Gasteiger charge is -2.50. The van der Waals surface area contributed by atoms with E-state index >= 15 is 0 Å². The van der Waals surface area contributed by atoms with Crippen LogP contribution in [0, 0.1) is 29.4 Å². The number of halogens is 2. The van der Waals surface area contributed by atoms with E-state index in [1.54, 1.807) is 35.2 Å². The van der Waals surface area contributed by atoms with Crippen molar-refractivity contribution in [3.05, 3.63) is 146 Å². The smallest absolute Gasteiger partial charge is 0.258 e. The first-order valence-corrected chi connectivity index (χ1v) is 19.6. The van der Waals surface area contributed by atoms with Crippen molar-refractivity contribution in [2.24, 2.45) is 5.41 Å². The van der Waals surface area contributed by atoms with Crippen molar-refractivity contribution < 1.29 is 27.9 Å². The molecule has 0 bridgehead atoms. The van der Waals surface area contributed by atoms with Crippen molar-refractivity contribution in [3.63, 3.8) is 0 Å². The number of ketones is 1. The van der Waals surface area contributed by atoms with Crippen LogP contribution >= 0.6 is 11.3 Å². The highest BCUT2D eigenvalue weighted by Gasteiger charge is 2.47. The maximum Gasteiger partial charge on any atom is 0.258 e. The minimum absolute atomic E-state index is 0.192. The van der Waals surface area contributed by atoms with E-state index in [1.165, 1.54) is 17.4 Å². The van der Waals surface area contributed by atoms with E-state index in [2.05, 4.69) is 5.32 Å². The lowest BCUT2D eigenvalue weighted by Crippen LogP contribution is -2.41. The standard InChI is InChI=1S/C45H40F2N4O4S/c1-27-9-14-33(42(49-27)31-25-45(26-31)18-21-55-22-19-45)43(53)50-32-12-10-28(11-13-32)44(54)51-20-17-30(23-29-5-2-3-8-37(29)51)39-15-16-40(56-39)38(52)24-36(48)41-34(46)6-4-7-35(41)47/h2-16,23,31,48H,17-22,24-26H2,1H3,(H,50,53). The molecule has 2 aliphatic heterocycles. The zero-order chi connectivity index (χ0) is 39.0. The van der Waals surface area contributed by atoms with E-state index in [9.17, 15) is 23.2 Å². The van der Waals surface area contributed by atoms with Crippen LogP contribution in [0.2, 0.25) is 0 Å². The molecule has 8 rings (SSSR count). The summed E-state index contributed by atoms with van der Waals surface area (Å²) in [5.41, 5.74) is 5.25. The van der Waals surface area contributed by atoms with Crippen LogP contribution in [0.3, 0.4) is 0 Å². The van der Waals surface area contributed by atoms with Gasteiger partial charge in [0, 0.05) is 47.5 Å². The number of nitrogens with one attached hydrogen (secondary N) is 2. The molecule has 1 aliphatic carbocycles. The number of nitrogens with zero attached hydrogens (tertiary/aromatic N) is 2. The van der Waals surface area contributed by atoms with Gasteiger partial charge < -0.3 is 20.4 Å². The summed E-state index contributed by atoms with van der Waals surface area (Å²) in [6.45, 7) is 3.91. The lowest BCUT2D eigenvalue weighted by atomic mass is 9.57. The van der Waals surface area contributed by atoms with Gasteiger partial charge in [-0.2, -0.15) is 0 Å². The molecule has 11 heteroatoms. The molecule has 5 aromatic rings. The number of Topliss-reactive ketones (excluding diaryl/α,β-unsaturated/α-hetero) is 1. The number of pyridine rings is 1. The highest BCUT2D eigenvalue weighted by molar-refractivity contribution is 7.15. The number of aryl methyl sites for hydroxylation is 1. The van der Waals surface area contributed by atoms with Crippen molar-refractivity contribution in [1.82, 2.24) is 4.98 Å². The second kappa shape index (κ2) is 15.5. The Morgan fingerprint density at radius 3 is 2.41 bits per heavy atom. The van der Waals surface area contributed by atoms with Gasteiger partial charge in [-0.05, 0) is 128 Å². The summed E-state index contributed by atoms with van der Waals surface area (Å²) < 4.78 is 34.1. The third-order valence-electron chi connectivity index (χ3n) is 11.2. The summed E-state index contributed by atoms with van der Waals surface area (Å²) in [6.07, 6.45) is 6.22. The number of anilines is 2. The molecule has 3 aromatic carbocycles. The van der Waals surface area contributed by atoms with Crippen molar-refractivity contribution >= 4 is 57.7 Å². The van der Waals surface area contributed by atoms with Gasteiger partial charge in [0.05, 0.1) is 39.5 Å². The number of hydrogen-bond donors (Lipinski definition) is 2. The highest BCUT2D eigenvalue weighted by atomic mass is 32.1. The average molecular weight is 771 g/mol. The van der Waals surface area contributed by atoms with Crippen molar-refractivity contribution in [2.75, 3.05) is 30.0 Å². The Labute approximate surface area is 327 Å². The minimum atomic E-state index is -0.879. The van der Waals surface area contributed by atoms with Crippen LogP contribution in [0.25, 0.3) is 11.6 Å².